The fourth-order valence-corrected chi connectivity index (χ4v) is 2.80. The Morgan fingerprint density at radius 3 is 2.62 bits per heavy atom. The second-order valence-electron chi connectivity index (χ2n) is 5.74. The third kappa shape index (κ3) is 3.22. The first-order valence-electron chi connectivity index (χ1n) is 7.81. The van der Waals surface area contributed by atoms with Gasteiger partial charge in [0.05, 0.1) is 0 Å². The monoisotopic (exact) mass is 326 g/mol. The van der Waals surface area contributed by atoms with Gasteiger partial charge in [0.25, 0.3) is 5.91 Å². The van der Waals surface area contributed by atoms with Crippen LogP contribution in [0.5, 0.6) is 0 Å². The lowest BCUT2D eigenvalue weighted by Gasteiger charge is -2.30. The Hall–Kier alpha value is -2.89. The molecule has 0 saturated heterocycles. The fraction of sp³-hybridized carbons (Fsp3) is 0.278. The van der Waals surface area contributed by atoms with Crippen molar-refractivity contribution in [3.8, 4) is 0 Å². The number of pyridine rings is 1. The molecule has 0 spiro atoms. The van der Waals surface area contributed by atoms with Crippen LogP contribution in [0.25, 0.3) is 0 Å². The molecule has 6 nitrogen and oxygen atoms in total. The number of fused-ring (bicyclic) bond motifs is 1. The second-order valence-corrected chi connectivity index (χ2v) is 5.74. The highest BCUT2D eigenvalue weighted by atomic mass is 16.6. The molecule has 124 valence electrons. The van der Waals surface area contributed by atoms with E-state index in [4.69, 9.17) is 4.74 Å². The van der Waals surface area contributed by atoms with Gasteiger partial charge >= 0.3 is 11.7 Å². The largest absolute Gasteiger partial charge is 0.618 e. The molecule has 0 fully saturated rings. The molecule has 1 aliphatic heterocycles. The molecule has 1 aromatic heterocycles. The summed E-state index contributed by atoms with van der Waals surface area (Å²) in [5.74, 6) is -1.06. The summed E-state index contributed by atoms with van der Waals surface area (Å²) >= 11 is 0. The molecule has 0 N–H and O–H groups in total. The summed E-state index contributed by atoms with van der Waals surface area (Å²) in [6.07, 6.45) is 1.05. The van der Waals surface area contributed by atoms with Crippen molar-refractivity contribution in [2.24, 2.45) is 0 Å². The van der Waals surface area contributed by atoms with Crippen LogP contribution in [0.3, 0.4) is 0 Å². The summed E-state index contributed by atoms with van der Waals surface area (Å²) in [6.45, 7) is 2.62. The van der Waals surface area contributed by atoms with Gasteiger partial charge in [0.1, 0.15) is 0 Å². The van der Waals surface area contributed by atoms with Crippen LogP contribution in [0.15, 0.2) is 48.7 Å². The number of aromatic nitrogens is 1. The van der Waals surface area contributed by atoms with Gasteiger partial charge in [0.15, 0.2) is 12.3 Å². The molecule has 0 unspecified atom stereocenters. The summed E-state index contributed by atoms with van der Waals surface area (Å²) in [5.41, 5.74) is 2.21. The lowest BCUT2D eigenvalue weighted by atomic mass is 9.99. The molecule has 0 bridgehead atoms. The predicted octanol–water partition coefficient (Wildman–Crippen LogP) is 1.45. The van der Waals surface area contributed by atoms with Crippen LogP contribution in [0, 0.1) is 5.21 Å². The number of rotatable bonds is 3. The van der Waals surface area contributed by atoms with Crippen molar-refractivity contribution in [1.29, 1.82) is 0 Å². The van der Waals surface area contributed by atoms with Crippen molar-refractivity contribution in [3.63, 3.8) is 0 Å². The molecule has 0 saturated carbocycles. The number of benzene rings is 1. The van der Waals surface area contributed by atoms with Crippen molar-refractivity contribution < 1.29 is 19.1 Å². The van der Waals surface area contributed by atoms with Gasteiger partial charge in [-0.15, -0.1) is 0 Å². The van der Waals surface area contributed by atoms with Crippen molar-refractivity contribution in [1.82, 2.24) is 4.90 Å². The van der Waals surface area contributed by atoms with Gasteiger partial charge in [0, 0.05) is 25.2 Å². The Morgan fingerprint density at radius 2 is 1.88 bits per heavy atom. The zero-order chi connectivity index (χ0) is 17.1. The van der Waals surface area contributed by atoms with E-state index < -0.39 is 12.1 Å². The highest BCUT2D eigenvalue weighted by molar-refractivity contribution is 5.89. The van der Waals surface area contributed by atoms with E-state index in [1.165, 1.54) is 30.8 Å². The highest BCUT2D eigenvalue weighted by Gasteiger charge is 2.29. The molecular formula is C18H18N2O4. The summed E-state index contributed by atoms with van der Waals surface area (Å²) in [4.78, 5) is 26.2. The van der Waals surface area contributed by atoms with Gasteiger partial charge in [-0.3, -0.25) is 4.79 Å². The minimum Gasteiger partial charge on any atom is -0.618 e. The van der Waals surface area contributed by atoms with Crippen LogP contribution >= 0.6 is 0 Å². The summed E-state index contributed by atoms with van der Waals surface area (Å²) in [7, 11) is 0. The number of carbonyl (C=O) groups is 2. The maximum atomic E-state index is 12.5. The first-order chi connectivity index (χ1) is 11.6. The Kier molecular flexibility index (Phi) is 4.46. The Labute approximate surface area is 139 Å². The maximum absolute atomic E-state index is 12.5. The first kappa shape index (κ1) is 16.0. The van der Waals surface area contributed by atoms with E-state index in [-0.39, 0.29) is 11.6 Å². The average Bonchev–Trinajstić information content (AvgIpc) is 2.60. The van der Waals surface area contributed by atoms with Crippen LogP contribution in [0.1, 0.15) is 28.5 Å². The van der Waals surface area contributed by atoms with Crippen molar-refractivity contribution in [2.45, 2.75) is 26.0 Å². The van der Waals surface area contributed by atoms with Crippen LogP contribution in [0.2, 0.25) is 0 Å². The SMILES string of the molecule is C[C@@H](OC(=O)c1cccc[n+]1[O-])C(=O)N1CCc2ccccc2C1. The number of nitrogens with zero attached hydrogens (tertiary/aromatic N) is 2. The number of amides is 1. The summed E-state index contributed by atoms with van der Waals surface area (Å²) in [6, 6.07) is 12.4. The van der Waals surface area contributed by atoms with Crippen molar-refractivity contribution in [2.75, 3.05) is 6.54 Å². The molecule has 2 heterocycles. The van der Waals surface area contributed by atoms with E-state index >= 15 is 0 Å². The van der Waals surface area contributed by atoms with Gasteiger partial charge in [-0.25, -0.2) is 4.79 Å². The van der Waals surface area contributed by atoms with Gasteiger partial charge in [-0.1, -0.05) is 24.3 Å². The van der Waals surface area contributed by atoms with Gasteiger partial charge in [-0.2, -0.15) is 4.73 Å². The molecule has 0 aliphatic carbocycles. The molecule has 2 aromatic rings. The van der Waals surface area contributed by atoms with E-state index in [1.807, 2.05) is 18.2 Å². The molecule has 6 heteroatoms. The Balaban J connectivity index is 1.65. The molecule has 1 amide bonds. The summed E-state index contributed by atoms with van der Waals surface area (Å²) < 4.78 is 5.60. The van der Waals surface area contributed by atoms with Crippen LogP contribution in [-0.4, -0.2) is 29.4 Å². The number of hydrogen-bond donors (Lipinski definition) is 0. The van der Waals surface area contributed by atoms with E-state index in [0.29, 0.717) is 17.8 Å². The molecular weight excluding hydrogens is 308 g/mol. The summed E-state index contributed by atoms with van der Waals surface area (Å²) in [5, 5.41) is 11.6. The number of hydrogen-bond acceptors (Lipinski definition) is 4. The minimum absolute atomic E-state index is 0.138. The topological polar surface area (TPSA) is 73.5 Å². The molecule has 1 aromatic carbocycles. The zero-order valence-electron chi connectivity index (χ0n) is 13.3. The Bertz CT molecular complexity index is 775. The normalized spacial score (nSPS) is 14.6. The average molecular weight is 326 g/mol. The lowest BCUT2D eigenvalue weighted by Crippen LogP contribution is -2.43. The smallest absolute Gasteiger partial charge is 0.405 e. The third-order valence-corrected chi connectivity index (χ3v) is 4.11. The van der Waals surface area contributed by atoms with Gasteiger partial charge in [-0.05, 0) is 30.5 Å². The number of ether oxygens (including phenoxy) is 1. The zero-order valence-corrected chi connectivity index (χ0v) is 13.3. The van der Waals surface area contributed by atoms with Gasteiger partial charge < -0.3 is 14.8 Å². The number of esters is 1. The Morgan fingerprint density at radius 1 is 1.17 bits per heavy atom. The number of carbonyl (C=O) groups excluding carboxylic acids is 2. The van der Waals surface area contributed by atoms with Crippen LogP contribution in [-0.2, 0) is 22.5 Å². The highest BCUT2D eigenvalue weighted by Crippen LogP contribution is 2.19. The quantitative estimate of drug-likeness (QED) is 0.486. The van der Waals surface area contributed by atoms with E-state index in [0.717, 1.165) is 12.0 Å². The first-order valence-corrected chi connectivity index (χ1v) is 7.81. The third-order valence-electron chi connectivity index (χ3n) is 4.11. The van der Waals surface area contributed by atoms with E-state index in [1.54, 1.807) is 11.0 Å². The lowest BCUT2D eigenvalue weighted by molar-refractivity contribution is -0.608. The molecule has 24 heavy (non-hydrogen) atoms. The fourth-order valence-electron chi connectivity index (χ4n) is 2.80. The van der Waals surface area contributed by atoms with E-state index in [2.05, 4.69) is 6.07 Å². The molecule has 3 rings (SSSR count). The molecule has 0 radical (unpaired) electrons. The molecule has 1 aliphatic rings. The van der Waals surface area contributed by atoms with Crippen molar-refractivity contribution in [3.05, 3.63) is 70.7 Å². The van der Waals surface area contributed by atoms with Crippen LogP contribution < -0.4 is 4.73 Å². The second kappa shape index (κ2) is 6.70. The van der Waals surface area contributed by atoms with Gasteiger partial charge in [0.2, 0.25) is 0 Å². The van der Waals surface area contributed by atoms with Crippen molar-refractivity contribution >= 4 is 11.9 Å². The standard InChI is InChI=1S/C18H18N2O4/c1-13(24-18(22)16-8-4-5-10-20(16)23)17(21)19-11-9-14-6-2-3-7-15(14)12-19/h2-8,10,13H,9,11-12H2,1H3/t13-/m1/s1. The maximum Gasteiger partial charge on any atom is 0.405 e. The minimum atomic E-state index is -0.942. The molecule has 1 atom stereocenters. The van der Waals surface area contributed by atoms with Crippen LogP contribution in [0.4, 0.5) is 0 Å². The predicted molar refractivity (Wildman–Crippen MR) is 85.8 cm³/mol. The van der Waals surface area contributed by atoms with E-state index in [9.17, 15) is 14.8 Å².